The van der Waals surface area contributed by atoms with Crippen molar-refractivity contribution in [1.29, 1.82) is 0 Å². The van der Waals surface area contributed by atoms with Gasteiger partial charge in [-0.1, -0.05) is 11.3 Å². The summed E-state index contributed by atoms with van der Waals surface area (Å²) in [5, 5.41) is 7.82. The van der Waals surface area contributed by atoms with Crippen molar-refractivity contribution in [3.8, 4) is 11.5 Å². The Morgan fingerprint density at radius 2 is 1.92 bits per heavy atom. The molecule has 0 amide bonds. The predicted octanol–water partition coefficient (Wildman–Crippen LogP) is 3.34. The molecule has 0 spiro atoms. The maximum absolute atomic E-state index is 12.2. The molecule has 1 N–H and O–H groups in total. The first kappa shape index (κ1) is 16.7. The SMILES string of the molecule is Cc1cc(C)cc(Oc2c(Cn3ccnn3)c(C)[nH]c(=O)c2I)c1. The zero-order chi connectivity index (χ0) is 17.3. The highest BCUT2D eigenvalue weighted by Gasteiger charge is 2.17. The summed E-state index contributed by atoms with van der Waals surface area (Å²) in [6, 6.07) is 5.99. The maximum atomic E-state index is 12.2. The van der Waals surface area contributed by atoms with Crippen LogP contribution in [0.5, 0.6) is 11.5 Å². The van der Waals surface area contributed by atoms with Crippen LogP contribution in [0.25, 0.3) is 0 Å². The standard InChI is InChI=1S/C17H17IN4O2/c1-10-6-11(2)8-13(7-10)24-16-14(9-22-5-4-19-21-22)12(3)20-17(23)15(16)18/h4-8H,9H2,1-3H3,(H,20,23). The van der Waals surface area contributed by atoms with Gasteiger partial charge in [0.15, 0.2) is 5.75 Å². The van der Waals surface area contributed by atoms with E-state index in [1.165, 1.54) is 0 Å². The molecule has 3 rings (SSSR count). The number of nitrogens with zero attached hydrogens (tertiary/aromatic N) is 3. The summed E-state index contributed by atoms with van der Waals surface area (Å²) in [7, 11) is 0. The quantitative estimate of drug-likeness (QED) is 0.637. The third kappa shape index (κ3) is 3.50. The molecule has 0 atom stereocenters. The minimum atomic E-state index is -0.158. The van der Waals surface area contributed by atoms with Crippen molar-refractivity contribution in [1.82, 2.24) is 20.0 Å². The highest BCUT2D eigenvalue weighted by Crippen LogP contribution is 2.31. The molecule has 0 saturated heterocycles. The Morgan fingerprint density at radius 3 is 2.54 bits per heavy atom. The molecule has 0 fully saturated rings. The zero-order valence-corrected chi connectivity index (χ0v) is 15.8. The van der Waals surface area contributed by atoms with Crippen molar-refractivity contribution < 1.29 is 4.74 Å². The van der Waals surface area contributed by atoms with Crippen LogP contribution in [0, 0.1) is 24.3 Å². The first-order valence-electron chi connectivity index (χ1n) is 7.45. The van der Waals surface area contributed by atoms with Crippen LogP contribution in [0.4, 0.5) is 0 Å². The number of H-pyrrole nitrogens is 1. The van der Waals surface area contributed by atoms with Crippen LogP contribution in [-0.4, -0.2) is 20.0 Å². The molecule has 6 nitrogen and oxygen atoms in total. The van der Waals surface area contributed by atoms with Gasteiger partial charge in [-0.25, -0.2) is 4.68 Å². The molecular formula is C17H17IN4O2. The lowest BCUT2D eigenvalue weighted by molar-refractivity contribution is 0.463. The lowest BCUT2D eigenvalue weighted by Crippen LogP contribution is -2.17. The molecule has 3 aromatic rings. The summed E-state index contributed by atoms with van der Waals surface area (Å²) < 4.78 is 8.34. The number of benzene rings is 1. The Labute approximate surface area is 153 Å². The number of aryl methyl sites for hydroxylation is 3. The van der Waals surface area contributed by atoms with Crippen LogP contribution in [0.2, 0.25) is 0 Å². The fourth-order valence-electron chi connectivity index (χ4n) is 2.59. The Bertz CT molecular complexity index is 912. The Hall–Kier alpha value is -2.16. The summed E-state index contributed by atoms with van der Waals surface area (Å²) in [6.45, 7) is 6.37. The average molecular weight is 436 g/mol. The average Bonchev–Trinajstić information content (AvgIpc) is 3.00. The van der Waals surface area contributed by atoms with Gasteiger partial charge < -0.3 is 9.72 Å². The van der Waals surface area contributed by atoms with Gasteiger partial charge in [-0.05, 0) is 66.6 Å². The van der Waals surface area contributed by atoms with Crippen LogP contribution >= 0.6 is 22.6 Å². The van der Waals surface area contributed by atoms with Crippen molar-refractivity contribution in [2.45, 2.75) is 27.3 Å². The Kier molecular flexibility index (Phi) is 4.70. The summed E-state index contributed by atoms with van der Waals surface area (Å²) in [5.41, 5.74) is 3.70. The summed E-state index contributed by atoms with van der Waals surface area (Å²) in [5.74, 6) is 1.28. The lowest BCUT2D eigenvalue weighted by atomic mass is 10.1. The van der Waals surface area contributed by atoms with Gasteiger partial charge in [0, 0.05) is 17.5 Å². The van der Waals surface area contributed by atoms with E-state index in [1.807, 2.05) is 55.5 Å². The van der Waals surface area contributed by atoms with E-state index in [1.54, 1.807) is 17.1 Å². The minimum Gasteiger partial charge on any atom is -0.456 e. The van der Waals surface area contributed by atoms with Gasteiger partial charge in [-0.3, -0.25) is 4.79 Å². The second-order valence-electron chi connectivity index (χ2n) is 5.73. The highest BCUT2D eigenvalue weighted by atomic mass is 127. The zero-order valence-electron chi connectivity index (χ0n) is 13.6. The van der Waals surface area contributed by atoms with Crippen LogP contribution in [0.15, 0.2) is 35.4 Å². The first-order chi connectivity index (χ1) is 11.4. The van der Waals surface area contributed by atoms with E-state index in [4.69, 9.17) is 4.74 Å². The van der Waals surface area contributed by atoms with E-state index in [2.05, 4.69) is 21.4 Å². The monoisotopic (exact) mass is 436 g/mol. The van der Waals surface area contributed by atoms with Gasteiger partial charge in [0.1, 0.15) is 9.32 Å². The van der Waals surface area contributed by atoms with Crippen LogP contribution in [0.1, 0.15) is 22.4 Å². The predicted molar refractivity (Wildman–Crippen MR) is 99.6 cm³/mol. The fourth-order valence-corrected chi connectivity index (χ4v) is 3.16. The maximum Gasteiger partial charge on any atom is 0.265 e. The molecule has 1 aromatic carbocycles. The molecule has 124 valence electrons. The summed E-state index contributed by atoms with van der Waals surface area (Å²) >= 11 is 2.02. The number of halogens is 1. The summed E-state index contributed by atoms with van der Waals surface area (Å²) in [6.07, 6.45) is 3.40. The van der Waals surface area contributed by atoms with E-state index in [0.29, 0.717) is 15.9 Å². The van der Waals surface area contributed by atoms with Crippen molar-refractivity contribution in [3.63, 3.8) is 0 Å². The second kappa shape index (κ2) is 6.76. The molecule has 0 radical (unpaired) electrons. The van der Waals surface area contributed by atoms with Gasteiger partial charge >= 0.3 is 0 Å². The second-order valence-corrected chi connectivity index (χ2v) is 6.81. The third-order valence-electron chi connectivity index (χ3n) is 3.63. The number of hydrogen-bond acceptors (Lipinski definition) is 4. The first-order valence-corrected chi connectivity index (χ1v) is 8.53. The molecule has 0 aliphatic heterocycles. The Balaban J connectivity index is 2.09. The third-order valence-corrected chi connectivity index (χ3v) is 4.61. The molecule has 7 heteroatoms. The van der Waals surface area contributed by atoms with Gasteiger partial charge in [-0.15, -0.1) is 5.10 Å². The topological polar surface area (TPSA) is 72.8 Å². The molecule has 24 heavy (non-hydrogen) atoms. The van der Waals surface area contributed by atoms with Crippen LogP contribution < -0.4 is 10.3 Å². The smallest absolute Gasteiger partial charge is 0.265 e. The van der Waals surface area contributed by atoms with Crippen molar-refractivity contribution in [3.05, 3.63) is 66.9 Å². The van der Waals surface area contributed by atoms with E-state index < -0.39 is 0 Å². The van der Waals surface area contributed by atoms with Crippen molar-refractivity contribution in [2.24, 2.45) is 0 Å². The number of hydrogen-bond donors (Lipinski definition) is 1. The highest BCUT2D eigenvalue weighted by molar-refractivity contribution is 14.1. The number of nitrogens with one attached hydrogen (secondary N) is 1. The molecule has 0 aliphatic carbocycles. The van der Waals surface area contributed by atoms with E-state index in [9.17, 15) is 4.79 Å². The Morgan fingerprint density at radius 1 is 1.21 bits per heavy atom. The lowest BCUT2D eigenvalue weighted by Gasteiger charge is -2.15. The normalized spacial score (nSPS) is 10.8. The summed E-state index contributed by atoms with van der Waals surface area (Å²) in [4.78, 5) is 15.0. The molecule has 2 heterocycles. The van der Waals surface area contributed by atoms with Crippen molar-refractivity contribution >= 4 is 22.6 Å². The van der Waals surface area contributed by atoms with Crippen molar-refractivity contribution in [2.75, 3.05) is 0 Å². The number of aromatic amines is 1. The van der Waals surface area contributed by atoms with Gasteiger partial charge in [-0.2, -0.15) is 0 Å². The molecule has 0 aliphatic rings. The van der Waals surface area contributed by atoms with Crippen LogP contribution in [0.3, 0.4) is 0 Å². The number of ether oxygens (including phenoxy) is 1. The molecule has 0 bridgehead atoms. The van der Waals surface area contributed by atoms with Gasteiger partial charge in [0.05, 0.1) is 12.7 Å². The molecule has 2 aromatic heterocycles. The molecule has 0 saturated carbocycles. The number of pyridine rings is 1. The van der Waals surface area contributed by atoms with E-state index >= 15 is 0 Å². The number of rotatable bonds is 4. The van der Waals surface area contributed by atoms with Crippen LogP contribution in [-0.2, 0) is 6.54 Å². The molecular weight excluding hydrogens is 419 g/mol. The number of aromatic nitrogens is 4. The van der Waals surface area contributed by atoms with Gasteiger partial charge in [0.2, 0.25) is 0 Å². The van der Waals surface area contributed by atoms with E-state index in [0.717, 1.165) is 28.1 Å². The fraction of sp³-hybridized carbons (Fsp3) is 0.235. The minimum absolute atomic E-state index is 0.158. The van der Waals surface area contributed by atoms with Gasteiger partial charge in [0.25, 0.3) is 5.56 Å². The van der Waals surface area contributed by atoms with E-state index in [-0.39, 0.29) is 5.56 Å². The molecule has 0 unspecified atom stereocenters. The largest absolute Gasteiger partial charge is 0.456 e.